The van der Waals surface area contributed by atoms with Crippen LogP contribution in [0.1, 0.15) is 11.1 Å². The number of aromatic amines is 1. The van der Waals surface area contributed by atoms with E-state index in [0.717, 1.165) is 23.9 Å². The lowest BCUT2D eigenvalue weighted by Gasteiger charge is -2.10. The molecule has 10 heteroatoms. The summed E-state index contributed by atoms with van der Waals surface area (Å²) < 4.78 is 0. The Morgan fingerprint density at radius 3 is 2.78 bits per heavy atom. The van der Waals surface area contributed by atoms with Gasteiger partial charge in [0.15, 0.2) is 5.16 Å². The molecule has 2 aromatic rings. The lowest BCUT2D eigenvalue weighted by atomic mass is 10.0. The van der Waals surface area contributed by atoms with Gasteiger partial charge in [-0.2, -0.15) is 5.26 Å². The number of hydrogen-bond acceptors (Lipinski definition) is 7. The third kappa shape index (κ3) is 3.13. The Bertz CT molecular complexity index is 891. The highest BCUT2D eigenvalue weighted by Gasteiger charge is 2.22. The number of thioether (sulfide) groups is 1. The molecule has 2 rings (SSSR count). The number of non-ortho nitro benzene ring substituents is 1. The lowest BCUT2D eigenvalue weighted by molar-refractivity contribution is -0.384. The summed E-state index contributed by atoms with van der Waals surface area (Å²) in [4.78, 5) is 28.8. The number of phenols is 1. The van der Waals surface area contributed by atoms with Gasteiger partial charge in [0.2, 0.25) is 0 Å². The fourth-order valence-corrected chi connectivity index (χ4v) is 2.49. The fourth-order valence-electron chi connectivity index (χ4n) is 1.91. The second-order valence-corrected chi connectivity index (χ2v) is 5.36. The number of phenolic OH excluding ortho intramolecular Hbond substituents is 1. The van der Waals surface area contributed by atoms with Crippen LogP contribution in [0.3, 0.4) is 0 Å². The van der Waals surface area contributed by atoms with Crippen molar-refractivity contribution < 1.29 is 10.0 Å². The van der Waals surface area contributed by atoms with Crippen LogP contribution in [-0.4, -0.2) is 26.3 Å². The molecular weight excluding hydrogens is 344 g/mol. The van der Waals surface area contributed by atoms with Crippen molar-refractivity contribution in [2.24, 2.45) is 0 Å². The van der Waals surface area contributed by atoms with Crippen LogP contribution in [0, 0.1) is 21.4 Å². The molecule has 0 saturated heterocycles. The Kier molecular flexibility index (Phi) is 4.88. The number of alkyl halides is 1. The van der Waals surface area contributed by atoms with Crippen molar-refractivity contribution in [1.82, 2.24) is 9.97 Å². The van der Waals surface area contributed by atoms with Gasteiger partial charge in [-0.15, -0.1) is 11.6 Å². The predicted octanol–water partition coefficient (Wildman–Crippen LogP) is 2.38. The molecule has 2 N–H and O–H groups in total. The molecular formula is C13H9ClN4O4S. The summed E-state index contributed by atoms with van der Waals surface area (Å²) in [6.45, 7) is 0. The molecule has 0 fully saturated rings. The predicted molar refractivity (Wildman–Crippen MR) is 84.7 cm³/mol. The summed E-state index contributed by atoms with van der Waals surface area (Å²) in [5.41, 5.74) is -1.49. The van der Waals surface area contributed by atoms with E-state index < -0.39 is 10.5 Å². The average molecular weight is 353 g/mol. The van der Waals surface area contributed by atoms with Gasteiger partial charge < -0.3 is 10.1 Å². The Hall–Kier alpha value is -2.57. The monoisotopic (exact) mass is 352 g/mol. The number of halogens is 1. The first-order chi connectivity index (χ1) is 10.9. The van der Waals surface area contributed by atoms with Crippen LogP contribution in [0.5, 0.6) is 5.75 Å². The Labute approximate surface area is 138 Å². The Morgan fingerprint density at radius 2 is 2.26 bits per heavy atom. The number of nitriles is 1. The summed E-state index contributed by atoms with van der Waals surface area (Å²) in [6, 6.07) is 3.88. The van der Waals surface area contributed by atoms with Gasteiger partial charge in [0.1, 0.15) is 23.1 Å². The first-order valence-electron chi connectivity index (χ1n) is 6.08. The molecule has 0 aliphatic heterocycles. The SMILES string of the molecule is CSc1nc(-c2cc([N+](=O)[O-])cc(CCl)c2O)c(C#N)c(=O)[nH]1. The zero-order chi connectivity index (χ0) is 17.1. The smallest absolute Gasteiger partial charge is 0.270 e. The van der Waals surface area contributed by atoms with Gasteiger partial charge >= 0.3 is 0 Å². The van der Waals surface area contributed by atoms with Gasteiger partial charge in [0.25, 0.3) is 11.2 Å². The number of H-pyrrole nitrogens is 1. The van der Waals surface area contributed by atoms with Crippen molar-refractivity contribution in [3.8, 4) is 23.1 Å². The standard InChI is InChI=1S/C13H9ClN4O4S/c1-23-13-16-10(9(5-15)12(20)17-13)8-3-7(18(21)22)2-6(4-14)11(8)19/h2-3,19H,4H2,1H3,(H,16,17,20). The molecule has 0 aliphatic carbocycles. The average Bonchev–Trinajstić information content (AvgIpc) is 2.54. The second kappa shape index (κ2) is 6.68. The van der Waals surface area contributed by atoms with E-state index in [1.165, 1.54) is 0 Å². The molecule has 0 bridgehead atoms. The van der Waals surface area contributed by atoms with E-state index >= 15 is 0 Å². The van der Waals surface area contributed by atoms with E-state index in [9.17, 15) is 20.0 Å². The summed E-state index contributed by atoms with van der Waals surface area (Å²) in [7, 11) is 0. The molecule has 0 atom stereocenters. The minimum Gasteiger partial charge on any atom is -0.507 e. The molecule has 0 aliphatic rings. The number of nitro groups is 1. The van der Waals surface area contributed by atoms with Crippen molar-refractivity contribution in [2.75, 3.05) is 6.26 Å². The molecule has 1 aromatic carbocycles. The van der Waals surface area contributed by atoms with E-state index in [1.807, 2.05) is 0 Å². The quantitative estimate of drug-likeness (QED) is 0.283. The van der Waals surface area contributed by atoms with Gasteiger partial charge in [-0.25, -0.2) is 4.98 Å². The van der Waals surface area contributed by atoms with E-state index in [0.29, 0.717) is 0 Å². The van der Waals surface area contributed by atoms with Crippen LogP contribution in [0.15, 0.2) is 22.1 Å². The molecule has 0 saturated carbocycles. The highest BCUT2D eigenvalue weighted by atomic mass is 35.5. The number of nitrogens with zero attached hydrogens (tertiary/aromatic N) is 3. The molecule has 0 spiro atoms. The van der Waals surface area contributed by atoms with Crippen LogP contribution in [-0.2, 0) is 5.88 Å². The summed E-state index contributed by atoms with van der Waals surface area (Å²) in [6.07, 6.45) is 1.66. The summed E-state index contributed by atoms with van der Waals surface area (Å²) >= 11 is 6.81. The topological polar surface area (TPSA) is 133 Å². The van der Waals surface area contributed by atoms with Gasteiger partial charge in [-0.3, -0.25) is 14.9 Å². The first kappa shape index (κ1) is 16.8. The maximum absolute atomic E-state index is 11.9. The molecule has 8 nitrogen and oxygen atoms in total. The van der Waals surface area contributed by atoms with Crippen LogP contribution in [0.4, 0.5) is 5.69 Å². The number of benzene rings is 1. The summed E-state index contributed by atoms with van der Waals surface area (Å²) in [5, 5.41) is 30.7. The molecule has 0 radical (unpaired) electrons. The number of nitro benzene ring substituents is 1. The van der Waals surface area contributed by atoms with E-state index in [2.05, 4.69) is 9.97 Å². The van der Waals surface area contributed by atoms with E-state index in [4.69, 9.17) is 16.9 Å². The van der Waals surface area contributed by atoms with E-state index in [-0.39, 0.29) is 44.9 Å². The van der Waals surface area contributed by atoms with Gasteiger partial charge in [-0.1, -0.05) is 11.8 Å². The van der Waals surface area contributed by atoms with Crippen molar-refractivity contribution in [2.45, 2.75) is 11.0 Å². The molecule has 0 unspecified atom stereocenters. The van der Waals surface area contributed by atoms with Crippen LogP contribution < -0.4 is 5.56 Å². The number of rotatable bonds is 4. The number of aromatic hydroxyl groups is 1. The lowest BCUT2D eigenvalue weighted by Crippen LogP contribution is -2.14. The molecule has 1 heterocycles. The zero-order valence-electron chi connectivity index (χ0n) is 11.7. The molecule has 1 aromatic heterocycles. The van der Waals surface area contributed by atoms with Gasteiger partial charge in [0, 0.05) is 17.7 Å². The molecule has 23 heavy (non-hydrogen) atoms. The first-order valence-corrected chi connectivity index (χ1v) is 7.83. The minimum atomic E-state index is -0.694. The van der Waals surface area contributed by atoms with E-state index in [1.54, 1.807) is 12.3 Å². The van der Waals surface area contributed by atoms with Crippen LogP contribution in [0.25, 0.3) is 11.3 Å². The Balaban J connectivity index is 2.88. The van der Waals surface area contributed by atoms with Gasteiger partial charge in [-0.05, 0) is 6.26 Å². The largest absolute Gasteiger partial charge is 0.507 e. The normalized spacial score (nSPS) is 10.3. The van der Waals surface area contributed by atoms with Crippen LogP contribution in [0.2, 0.25) is 0 Å². The second-order valence-electron chi connectivity index (χ2n) is 4.30. The number of aromatic nitrogens is 2. The maximum atomic E-state index is 11.9. The zero-order valence-corrected chi connectivity index (χ0v) is 13.2. The number of hydrogen-bond donors (Lipinski definition) is 2. The minimum absolute atomic E-state index is 0.0900. The third-order valence-electron chi connectivity index (χ3n) is 2.99. The third-order valence-corrected chi connectivity index (χ3v) is 3.85. The van der Waals surface area contributed by atoms with Crippen molar-refractivity contribution in [3.05, 3.63) is 43.7 Å². The van der Waals surface area contributed by atoms with Crippen LogP contribution >= 0.6 is 23.4 Å². The number of nitrogens with one attached hydrogen (secondary N) is 1. The van der Waals surface area contributed by atoms with Crippen molar-refractivity contribution in [1.29, 1.82) is 5.26 Å². The maximum Gasteiger partial charge on any atom is 0.270 e. The van der Waals surface area contributed by atoms with Crippen molar-refractivity contribution >= 4 is 29.1 Å². The molecule has 0 amide bonds. The highest BCUT2D eigenvalue weighted by molar-refractivity contribution is 7.98. The Morgan fingerprint density at radius 1 is 1.57 bits per heavy atom. The fraction of sp³-hybridized carbons (Fsp3) is 0.154. The van der Waals surface area contributed by atoms with Gasteiger partial charge in [0.05, 0.1) is 16.4 Å². The molecule has 118 valence electrons. The summed E-state index contributed by atoms with van der Waals surface area (Å²) in [5.74, 6) is -0.534. The highest BCUT2D eigenvalue weighted by Crippen LogP contribution is 2.37. The van der Waals surface area contributed by atoms with Crippen molar-refractivity contribution in [3.63, 3.8) is 0 Å².